The largest absolute Gasteiger partial charge is 0.370 e. The van der Waals surface area contributed by atoms with Crippen LogP contribution in [0.2, 0.25) is 0 Å². The molecule has 1 aliphatic heterocycles. The summed E-state index contributed by atoms with van der Waals surface area (Å²) in [5.41, 5.74) is 0.433. The maximum atomic E-state index is 12.7. The molecule has 1 N–H and O–H groups in total. The molecule has 1 aliphatic rings. The second-order valence-electron chi connectivity index (χ2n) is 6.25. The highest BCUT2D eigenvalue weighted by Gasteiger charge is 2.24. The summed E-state index contributed by atoms with van der Waals surface area (Å²) in [6.45, 7) is 5.70. The Morgan fingerprint density at radius 1 is 1.08 bits per heavy atom. The molecule has 0 bridgehead atoms. The predicted molar refractivity (Wildman–Crippen MR) is 100 cm³/mol. The minimum absolute atomic E-state index is 0.0577. The van der Waals surface area contributed by atoms with Gasteiger partial charge < -0.3 is 15.1 Å². The van der Waals surface area contributed by atoms with Crippen LogP contribution in [0.5, 0.6) is 0 Å². The van der Waals surface area contributed by atoms with Crippen molar-refractivity contribution in [2.75, 3.05) is 42.9 Å². The van der Waals surface area contributed by atoms with Gasteiger partial charge in [-0.25, -0.2) is 19.9 Å². The summed E-state index contributed by atoms with van der Waals surface area (Å²) in [6.07, 6.45) is 8.36. The third kappa shape index (κ3) is 4.65. The Morgan fingerprint density at radius 3 is 2.58 bits per heavy atom. The Kier molecular flexibility index (Phi) is 6.29. The number of rotatable bonds is 7. The molecule has 0 aromatic carbocycles. The van der Waals surface area contributed by atoms with Crippen molar-refractivity contribution >= 4 is 17.7 Å². The molecular weight excluding hydrogens is 330 g/mol. The molecule has 0 saturated carbocycles. The maximum Gasteiger partial charge on any atom is 0.272 e. The molecule has 0 atom stereocenters. The lowest BCUT2D eigenvalue weighted by Crippen LogP contribution is -2.49. The summed E-state index contributed by atoms with van der Waals surface area (Å²) < 4.78 is 0. The number of carbonyl (C=O) groups excluding carboxylic acids is 1. The van der Waals surface area contributed by atoms with E-state index in [1.54, 1.807) is 24.5 Å². The molecule has 1 amide bonds. The smallest absolute Gasteiger partial charge is 0.272 e. The second-order valence-corrected chi connectivity index (χ2v) is 6.25. The number of amides is 1. The number of unbranched alkanes of at least 4 members (excludes halogenated alkanes) is 2. The molecule has 8 heteroatoms. The van der Waals surface area contributed by atoms with E-state index in [0.29, 0.717) is 43.6 Å². The van der Waals surface area contributed by atoms with Gasteiger partial charge in [-0.3, -0.25) is 4.79 Å². The Hall–Kier alpha value is -2.77. The number of hydrogen-bond donors (Lipinski definition) is 1. The third-order valence-electron chi connectivity index (χ3n) is 4.37. The summed E-state index contributed by atoms with van der Waals surface area (Å²) in [5.74, 6) is 1.36. The van der Waals surface area contributed by atoms with Crippen LogP contribution in [0.1, 0.15) is 36.7 Å². The number of piperazine rings is 1. The molecule has 8 nitrogen and oxygen atoms in total. The summed E-state index contributed by atoms with van der Waals surface area (Å²) in [4.78, 5) is 33.5. The Balaban J connectivity index is 1.55. The van der Waals surface area contributed by atoms with E-state index in [1.807, 2.05) is 4.90 Å². The Bertz CT molecular complexity index is 702. The van der Waals surface area contributed by atoms with Gasteiger partial charge in [-0.05, 0) is 12.5 Å². The maximum absolute atomic E-state index is 12.7. The van der Waals surface area contributed by atoms with Crippen LogP contribution >= 0.6 is 0 Å². The highest BCUT2D eigenvalue weighted by Crippen LogP contribution is 2.13. The zero-order chi connectivity index (χ0) is 18.2. The lowest BCUT2D eigenvalue weighted by Gasteiger charge is -2.34. The van der Waals surface area contributed by atoms with Gasteiger partial charge >= 0.3 is 0 Å². The van der Waals surface area contributed by atoms with Crippen molar-refractivity contribution in [2.45, 2.75) is 26.2 Å². The van der Waals surface area contributed by atoms with E-state index >= 15 is 0 Å². The summed E-state index contributed by atoms with van der Waals surface area (Å²) in [6, 6.07) is 3.53. The minimum atomic E-state index is -0.0577. The van der Waals surface area contributed by atoms with Crippen LogP contribution in [0.4, 0.5) is 11.8 Å². The van der Waals surface area contributed by atoms with Crippen LogP contribution < -0.4 is 10.2 Å². The van der Waals surface area contributed by atoms with Crippen LogP contribution in [0.15, 0.2) is 30.9 Å². The van der Waals surface area contributed by atoms with Crippen molar-refractivity contribution in [3.63, 3.8) is 0 Å². The topological polar surface area (TPSA) is 87.1 Å². The Labute approximate surface area is 153 Å². The van der Waals surface area contributed by atoms with Gasteiger partial charge in [0, 0.05) is 51.2 Å². The lowest BCUT2D eigenvalue weighted by molar-refractivity contribution is 0.0740. The highest BCUT2D eigenvalue weighted by atomic mass is 16.2. The second kappa shape index (κ2) is 9.07. The molecule has 0 unspecified atom stereocenters. The van der Waals surface area contributed by atoms with E-state index in [0.717, 1.165) is 13.0 Å². The van der Waals surface area contributed by atoms with Gasteiger partial charge in [-0.15, -0.1) is 0 Å². The third-order valence-corrected chi connectivity index (χ3v) is 4.37. The minimum Gasteiger partial charge on any atom is -0.370 e. The summed E-state index contributed by atoms with van der Waals surface area (Å²) >= 11 is 0. The average molecular weight is 355 g/mol. The zero-order valence-electron chi connectivity index (χ0n) is 15.1. The zero-order valence-corrected chi connectivity index (χ0v) is 15.1. The van der Waals surface area contributed by atoms with Crippen LogP contribution in [0, 0.1) is 0 Å². The van der Waals surface area contributed by atoms with Gasteiger partial charge in [0.15, 0.2) is 0 Å². The number of nitrogens with one attached hydrogen (secondary N) is 1. The van der Waals surface area contributed by atoms with Gasteiger partial charge in [0.1, 0.15) is 17.8 Å². The van der Waals surface area contributed by atoms with E-state index in [4.69, 9.17) is 0 Å². The van der Waals surface area contributed by atoms with Gasteiger partial charge in [0.25, 0.3) is 5.91 Å². The first kappa shape index (κ1) is 18.0. The Morgan fingerprint density at radius 2 is 1.85 bits per heavy atom. The van der Waals surface area contributed by atoms with Crippen molar-refractivity contribution in [1.29, 1.82) is 0 Å². The molecule has 1 saturated heterocycles. The molecule has 138 valence electrons. The van der Waals surface area contributed by atoms with E-state index in [-0.39, 0.29) is 5.91 Å². The van der Waals surface area contributed by atoms with Crippen LogP contribution in [0.3, 0.4) is 0 Å². The number of aromatic nitrogens is 4. The van der Waals surface area contributed by atoms with Gasteiger partial charge in [-0.1, -0.05) is 19.8 Å². The van der Waals surface area contributed by atoms with Crippen LogP contribution in [-0.2, 0) is 0 Å². The number of anilines is 2. The molecule has 3 heterocycles. The molecule has 0 aliphatic carbocycles. The molecule has 1 fully saturated rings. The first-order valence-electron chi connectivity index (χ1n) is 9.15. The first-order valence-corrected chi connectivity index (χ1v) is 9.15. The highest BCUT2D eigenvalue weighted by molar-refractivity contribution is 5.93. The van der Waals surface area contributed by atoms with Crippen molar-refractivity contribution in [3.05, 3.63) is 36.5 Å². The molecule has 3 rings (SSSR count). The molecule has 0 spiro atoms. The van der Waals surface area contributed by atoms with Crippen LogP contribution in [-0.4, -0.2) is 63.5 Å². The quantitative estimate of drug-likeness (QED) is 0.758. The average Bonchev–Trinajstić information content (AvgIpc) is 2.72. The number of nitrogens with zero attached hydrogens (tertiary/aromatic N) is 6. The van der Waals surface area contributed by atoms with E-state index in [9.17, 15) is 4.79 Å². The van der Waals surface area contributed by atoms with E-state index in [1.165, 1.54) is 19.2 Å². The lowest BCUT2D eigenvalue weighted by atomic mass is 10.2. The normalized spacial score (nSPS) is 14.3. The fourth-order valence-electron chi connectivity index (χ4n) is 2.89. The van der Waals surface area contributed by atoms with Crippen LogP contribution in [0.25, 0.3) is 0 Å². The van der Waals surface area contributed by atoms with Gasteiger partial charge in [0.2, 0.25) is 5.95 Å². The van der Waals surface area contributed by atoms with Crippen molar-refractivity contribution in [1.82, 2.24) is 24.8 Å². The predicted octanol–water partition coefficient (Wildman–Crippen LogP) is 1.83. The monoisotopic (exact) mass is 355 g/mol. The number of hydrogen-bond acceptors (Lipinski definition) is 7. The first-order chi connectivity index (χ1) is 12.8. The number of carbonyl (C=O) groups is 1. The SMILES string of the molecule is CCCCCNc1cc(C(=O)N2CCN(c3ncccn3)CC2)ncn1. The van der Waals surface area contributed by atoms with Gasteiger partial charge in [-0.2, -0.15) is 0 Å². The standard InChI is InChI=1S/C18H25N7O/c1-2-3-4-6-19-16-13-15(22-14-23-16)17(26)24-9-11-25(12-10-24)18-20-7-5-8-21-18/h5,7-8,13-14H,2-4,6,9-12H2,1H3,(H,19,22,23). The van der Waals surface area contributed by atoms with Gasteiger partial charge in [0.05, 0.1) is 0 Å². The van der Waals surface area contributed by atoms with Crippen molar-refractivity contribution in [3.8, 4) is 0 Å². The fraction of sp³-hybridized carbons (Fsp3) is 0.500. The molecule has 2 aromatic heterocycles. The molecule has 2 aromatic rings. The fourth-order valence-corrected chi connectivity index (χ4v) is 2.89. The summed E-state index contributed by atoms with van der Waals surface area (Å²) in [5, 5.41) is 3.26. The molecular formula is C18H25N7O. The van der Waals surface area contributed by atoms with E-state index < -0.39 is 0 Å². The molecule has 0 radical (unpaired) electrons. The van der Waals surface area contributed by atoms with Crippen molar-refractivity contribution in [2.24, 2.45) is 0 Å². The van der Waals surface area contributed by atoms with Crippen molar-refractivity contribution < 1.29 is 4.79 Å². The molecule has 26 heavy (non-hydrogen) atoms. The van der Waals surface area contributed by atoms with E-state index in [2.05, 4.69) is 37.1 Å². The summed E-state index contributed by atoms with van der Waals surface area (Å²) in [7, 11) is 0.